The SMILES string of the molecule is CCC(=O)NCCSC(=O)CCC#Cc1cn([C@H]2C[C@@H](O)C(COP(=O)(O)OP(=O)(O)OP(=O)(O)O)O2)c(=O)[nH]c1=O. The van der Waals surface area contributed by atoms with E-state index in [1.54, 1.807) is 6.92 Å². The molecule has 0 radical (unpaired) electrons. The maximum absolute atomic E-state index is 12.3. The number of rotatable bonds is 14. The molecule has 1 aliphatic rings. The minimum Gasteiger partial charge on any atom is -0.390 e. The van der Waals surface area contributed by atoms with Crippen molar-refractivity contribution in [3.05, 3.63) is 32.6 Å². The summed E-state index contributed by atoms with van der Waals surface area (Å²) in [5.41, 5.74) is -1.95. The van der Waals surface area contributed by atoms with E-state index >= 15 is 0 Å². The van der Waals surface area contributed by atoms with E-state index in [1.165, 1.54) is 0 Å². The zero-order valence-electron chi connectivity index (χ0n) is 21.7. The van der Waals surface area contributed by atoms with Gasteiger partial charge in [-0.2, -0.15) is 8.62 Å². The highest BCUT2D eigenvalue weighted by molar-refractivity contribution is 8.13. The van der Waals surface area contributed by atoms with Crippen molar-refractivity contribution >= 4 is 46.3 Å². The molecule has 19 nitrogen and oxygen atoms in total. The van der Waals surface area contributed by atoms with Crippen molar-refractivity contribution in [3.8, 4) is 11.8 Å². The molecule has 0 saturated carbocycles. The Bertz CT molecular complexity index is 1460. The Labute approximate surface area is 241 Å². The Hall–Kier alpha value is -1.94. The summed E-state index contributed by atoms with van der Waals surface area (Å²) in [6.45, 7) is 1.08. The van der Waals surface area contributed by atoms with Crippen LogP contribution in [0.5, 0.6) is 0 Å². The fourth-order valence-electron chi connectivity index (χ4n) is 3.17. The molecule has 1 fully saturated rings. The normalized spacial score (nSPS) is 21.5. The first-order valence-electron chi connectivity index (χ1n) is 11.8. The van der Waals surface area contributed by atoms with Crippen molar-refractivity contribution in [2.75, 3.05) is 18.9 Å². The number of H-pyrrole nitrogens is 1. The molecule has 1 aliphatic heterocycles. The number of aliphatic hydroxyl groups excluding tert-OH is 1. The van der Waals surface area contributed by atoms with E-state index in [-0.39, 0.29) is 35.8 Å². The van der Waals surface area contributed by atoms with Gasteiger partial charge >= 0.3 is 29.2 Å². The third kappa shape index (κ3) is 12.7. The van der Waals surface area contributed by atoms with Crippen LogP contribution >= 0.6 is 35.2 Å². The predicted molar refractivity (Wildman–Crippen MR) is 143 cm³/mol. The summed E-state index contributed by atoms with van der Waals surface area (Å²) in [5.74, 6) is 5.44. The number of thioether (sulfide) groups is 1. The van der Waals surface area contributed by atoms with E-state index < -0.39 is 59.8 Å². The van der Waals surface area contributed by atoms with E-state index in [2.05, 4.69) is 30.3 Å². The molecule has 3 unspecified atom stereocenters. The molecule has 0 bridgehead atoms. The topological polar surface area (TPSA) is 290 Å². The highest BCUT2D eigenvalue weighted by Crippen LogP contribution is 2.66. The van der Waals surface area contributed by atoms with Gasteiger partial charge in [-0.05, 0) is 0 Å². The molecular weight excluding hydrogens is 651 g/mol. The average molecular weight is 679 g/mol. The van der Waals surface area contributed by atoms with Crippen LogP contribution in [-0.2, 0) is 41.2 Å². The van der Waals surface area contributed by atoms with Gasteiger partial charge in [-0.3, -0.25) is 28.5 Å². The molecule has 2 rings (SSSR count). The second-order valence-electron chi connectivity index (χ2n) is 8.25. The van der Waals surface area contributed by atoms with Gasteiger partial charge < -0.3 is 34.7 Å². The third-order valence-corrected chi connectivity index (χ3v) is 9.72. The maximum Gasteiger partial charge on any atom is 0.490 e. The number of nitrogens with one attached hydrogen (secondary N) is 2. The van der Waals surface area contributed by atoms with Crippen molar-refractivity contribution in [2.24, 2.45) is 0 Å². The number of phosphoric acid groups is 3. The van der Waals surface area contributed by atoms with Gasteiger partial charge in [0.05, 0.1) is 12.7 Å². The number of aromatic amines is 1. The lowest BCUT2D eigenvalue weighted by Gasteiger charge is -2.19. The first kappa shape index (κ1) is 36.3. The van der Waals surface area contributed by atoms with Crippen molar-refractivity contribution in [1.82, 2.24) is 14.9 Å². The lowest BCUT2D eigenvalue weighted by Crippen LogP contribution is -2.33. The van der Waals surface area contributed by atoms with Crippen LogP contribution in [0.4, 0.5) is 0 Å². The third-order valence-electron chi connectivity index (χ3n) is 4.99. The first-order chi connectivity index (χ1) is 19.4. The van der Waals surface area contributed by atoms with Crippen LogP contribution in [0.1, 0.15) is 44.4 Å². The lowest BCUT2D eigenvalue weighted by atomic mass is 10.2. The largest absolute Gasteiger partial charge is 0.490 e. The van der Waals surface area contributed by atoms with Gasteiger partial charge in [-0.15, -0.1) is 0 Å². The van der Waals surface area contributed by atoms with E-state index in [1.807, 2.05) is 4.98 Å². The van der Waals surface area contributed by atoms with Gasteiger partial charge in [-0.25, -0.2) is 18.5 Å². The maximum atomic E-state index is 12.3. The zero-order chi connectivity index (χ0) is 31.7. The second kappa shape index (κ2) is 15.7. The number of ether oxygens (including phenoxy) is 1. The Morgan fingerprint density at radius 1 is 1.19 bits per heavy atom. The Morgan fingerprint density at radius 3 is 2.52 bits per heavy atom. The highest BCUT2D eigenvalue weighted by atomic mass is 32.2. The molecule has 1 saturated heterocycles. The van der Waals surface area contributed by atoms with Crippen LogP contribution in [0, 0.1) is 11.8 Å². The fraction of sp³-hybridized carbons (Fsp3) is 0.579. The number of nitrogens with zero attached hydrogens (tertiary/aromatic N) is 1. The average Bonchev–Trinajstić information content (AvgIpc) is 3.22. The zero-order valence-corrected chi connectivity index (χ0v) is 25.2. The van der Waals surface area contributed by atoms with Crippen LogP contribution in [-0.4, -0.2) is 76.4 Å². The quantitative estimate of drug-likeness (QED) is 0.0737. The number of carbonyl (C=O) groups is 2. The summed E-state index contributed by atoms with van der Waals surface area (Å²) in [5, 5.41) is 12.7. The van der Waals surface area contributed by atoms with Crippen LogP contribution in [0.15, 0.2) is 15.8 Å². The molecular formula is C19H28N3O16P3S. The van der Waals surface area contributed by atoms with E-state index in [0.29, 0.717) is 18.7 Å². The highest BCUT2D eigenvalue weighted by Gasteiger charge is 2.43. The van der Waals surface area contributed by atoms with Gasteiger partial charge in [0.2, 0.25) is 5.91 Å². The minimum atomic E-state index is -5.75. The van der Waals surface area contributed by atoms with E-state index in [0.717, 1.165) is 22.5 Å². The molecule has 1 aromatic heterocycles. The second-order valence-corrected chi connectivity index (χ2v) is 13.8. The van der Waals surface area contributed by atoms with Gasteiger partial charge in [0, 0.05) is 44.2 Å². The number of hydrogen-bond acceptors (Lipinski definition) is 13. The standard InChI is InChI=1S/C19H28N3O16P3S/c1-2-15(24)20-7-8-42-17(25)6-4-3-5-12-10-22(19(27)21-18(12)26)16-9-13(23)14(36-16)11-35-40(31,32)38-41(33,34)37-39(28,29)30/h10,13-14,16,23H,2,4,6-9,11H2,1H3,(H,20,24)(H,31,32)(H,33,34)(H,21,26,27)(H2,28,29,30)/t13-,14?,16-/m1/s1. The lowest BCUT2D eigenvalue weighted by molar-refractivity contribution is -0.120. The summed E-state index contributed by atoms with van der Waals surface area (Å²) in [6, 6.07) is 0. The summed E-state index contributed by atoms with van der Waals surface area (Å²) >= 11 is 1.02. The number of aliphatic hydroxyl groups is 1. The summed E-state index contributed by atoms with van der Waals surface area (Å²) in [7, 11) is -16.8. The van der Waals surface area contributed by atoms with Crippen LogP contribution in [0.2, 0.25) is 0 Å². The molecule has 0 aliphatic carbocycles. The molecule has 7 N–H and O–H groups in total. The summed E-state index contributed by atoms with van der Waals surface area (Å²) in [4.78, 5) is 85.5. The first-order valence-corrected chi connectivity index (χ1v) is 17.3. The molecule has 0 aromatic carbocycles. The van der Waals surface area contributed by atoms with Crippen molar-refractivity contribution < 1.29 is 65.8 Å². The van der Waals surface area contributed by atoms with Crippen LogP contribution < -0.4 is 16.6 Å². The number of hydrogen-bond donors (Lipinski definition) is 7. The Morgan fingerprint density at radius 2 is 1.88 bits per heavy atom. The van der Waals surface area contributed by atoms with Crippen molar-refractivity contribution in [3.63, 3.8) is 0 Å². The monoisotopic (exact) mass is 679 g/mol. The Kier molecular flexibility index (Phi) is 13.5. The molecule has 5 atom stereocenters. The number of carbonyl (C=O) groups excluding carboxylic acids is 2. The van der Waals surface area contributed by atoms with Gasteiger partial charge in [0.25, 0.3) is 5.56 Å². The van der Waals surface area contributed by atoms with Crippen LogP contribution in [0.25, 0.3) is 0 Å². The molecule has 42 heavy (non-hydrogen) atoms. The summed E-state index contributed by atoms with van der Waals surface area (Å²) in [6.07, 6.45) is -2.81. The van der Waals surface area contributed by atoms with Gasteiger partial charge in [0.15, 0.2) is 5.12 Å². The molecule has 1 aromatic rings. The molecule has 0 spiro atoms. The summed E-state index contributed by atoms with van der Waals surface area (Å²) < 4.78 is 51.9. The number of phosphoric ester groups is 1. The van der Waals surface area contributed by atoms with E-state index in [4.69, 9.17) is 14.5 Å². The smallest absolute Gasteiger partial charge is 0.390 e. The van der Waals surface area contributed by atoms with Crippen molar-refractivity contribution in [2.45, 2.75) is 51.0 Å². The minimum absolute atomic E-state index is 0.0616. The molecule has 236 valence electrons. The van der Waals surface area contributed by atoms with Crippen LogP contribution in [0.3, 0.4) is 0 Å². The molecule has 2 heterocycles. The fourth-order valence-corrected chi connectivity index (χ4v) is 6.88. The number of aromatic nitrogens is 2. The van der Waals surface area contributed by atoms with Gasteiger partial charge in [-0.1, -0.05) is 30.5 Å². The number of amides is 1. The molecule has 23 heteroatoms. The van der Waals surface area contributed by atoms with E-state index in [9.17, 15) is 47.8 Å². The van der Waals surface area contributed by atoms with Crippen molar-refractivity contribution in [1.29, 1.82) is 0 Å². The molecule has 1 amide bonds. The van der Waals surface area contributed by atoms with Gasteiger partial charge in [0.1, 0.15) is 17.9 Å². The predicted octanol–water partition coefficient (Wildman–Crippen LogP) is -0.554. The Balaban J connectivity index is 1.97.